The molecule has 0 aromatic rings. The second-order valence-corrected chi connectivity index (χ2v) is 4.29. The van der Waals surface area contributed by atoms with Gasteiger partial charge in [-0.15, -0.1) is 0 Å². The third-order valence-electron chi connectivity index (χ3n) is 1.63. The molecule has 0 heterocycles. The molecule has 1 aliphatic rings. The van der Waals surface area contributed by atoms with Crippen LogP contribution in [-0.2, 0) is 4.79 Å². The Morgan fingerprint density at radius 2 is 2.09 bits per heavy atom. The first kappa shape index (κ1) is 9.20. The number of Topliss-reactive ketones (excluding diaryl/α,β-unsaturated/α-hetero) is 1. The molecule has 0 unspecified atom stereocenters. The van der Waals surface area contributed by atoms with Gasteiger partial charge in [0, 0.05) is 8.96 Å². The summed E-state index contributed by atoms with van der Waals surface area (Å²) >= 11 is 6.77. The first-order valence-corrected chi connectivity index (χ1v) is 4.95. The third-order valence-corrected chi connectivity index (χ3v) is 3.69. The van der Waals surface area contributed by atoms with E-state index in [0.29, 0.717) is 0 Å². The molecule has 1 nitrogen and oxygen atoms in total. The summed E-state index contributed by atoms with van der Waals surface area (Å²) in [5.41, 5.74) is 0.903. The summed E-state index contributed by atoms with van der Waals surface area (Å²) < 4.78 is 2.14. The summed E-state index contributed by atoms with van der Waals surface area (Å²) in [6, 6.07) is 0. The van der Waals surface area contributed by atoms with Gasteiger partial charge in [0.1, 0.15) is 0 Å². The smallest absolute Gasteiger partial charge is 0.155 e. The Morgan fingerprint density at radius 1 is 1.45 bits per heavy atom. The first-order valence-electron chi connectivity index (χ1n) is 3.37. The number of halogens is 2. The van der Waals surface area contributed by atoms with Gasteiger partial charge in [-0.25, -0.2) is 0 Å². The van der Waals surface area contributed by atoms with Crippen LogP contribution in [0, 0.1) is 0 Å². The average Bonchev–Trinajstić information content (AvgIpc) is 1.94. The van der Waals surface area contributed by atoms with Crippen molar-refractivity contribution in [3.05, 3.63) is 20.6 Å². The number of hydrogen-bond acceptors (Lipinski definition) is 1. The molecule has 0 aliphatic heterocycles. The standard InChI is InChI=1S/C8H8Br2O/c1-5(11)6-2-3-7(9)8(10)4-6/h4H,2-3H2,1H3. The second kappa shape index (κ2) is 3.68. The maximum absolute atomic E-state index is 10.9. The zero-order valence-corrected chi connectivity index (χ0v) is 9.33. The number of carbonyl (C=O) groups excluding carboxylic acids is 1. The van der Waals surface area contributed by atoms with Crippen molar-refractivity contribution in [3.63, 3.8) is 0 Å². The molecule has 0 saturated carbocycles. The zero-order chi connectivity index (χ0) is 8.43. The van der Waals surface area contributed by atoms with Crippen LogP contribution in [0.1, 0.15) is 19.8 Å². The van der Waals surface area contributed by atoms with Crippen molar-refractivity contribution in [1.29, 1.82) is 0 Å². The van der Waals surface area contributed by atoms with Gasteiger partial charge >= 0.3 is 0 Å². The maximum atomic E-state index is 10.9. The van der Waals surface area contributed by atoms with Crippen molar-refractivity contribution >= 4 is 37.6 Å². The SMILES string of the molecule is CC(=O)C1=CC(Br)=C(Br)CC1. The lowest BCUT2D eigenvalue weighted by molar-refractivity contribution is -0.113. The fraction of sp³-hybridized carbons (Fsp3) is 0.375. The predicted molar refractivity (Wildman–Crippen MR) is 52.9 cm³/mol. The highest BCUT2D eigenvalue weighted by atomic mass is 79.9. The highest BCUT2D eigenvalue weighted by molar-refractivity contribution is 9.14. The summed E-state index contributed by atoms with van der Waals surface area (Å²) in [5, 5.41) is 0. The molecule has 0 atom stereocenters. The van der Waals surface area contributed by atoms with Gasteiger partial charge in [-0.1, -0.05) is 15.9 Å². The Bertz CT molecular complexity index is 251. The Hall–Kier alpha value is 0.110. The van der Waals surface area contributed by atoms with Crippen LogP contribution in [-0.4, -0.2) is 5.78 Å². The molecule has 0 aromatic carbocycles. The van der Waals surface area contributed by atoms with Crippen LogP contribution in [0.25, 0.3) is 0 Å². The van der Waals surface area contributed by atoms with E-state index in [-0.39, 0.29) is 5.78 Å². The summed E-state index contributed by atoms with van der Waals surface area (Å²) in [7, 11) is 0. The van der Waals surface area contributed by atoms with Gasteiger partial charge < -0.3 is 0 Å². The quantitative estimate of drug-likeness (QED) is 0.720. The van der Waals surface area contributed by atoms with Gasteiger partial charge in [-0.05, 0) is 47.3 Å². The number of carbonyl (C=O) groups is 1. The van der Waals surface area contributed by atoms with E-state index in [9.17, 15) is 4.79 Å². The molecule has 0 spiro atoms. The lowest BCUT2D eigenvalue weighted by Gasteiger charge is -2.10. The molecule has 0 radical (unpaired) electrons. The van der Waals surface area contributed by atoms with Crippen LogP contribution in [0.4, 0.5) is 0 Å². The Labute approximate surface area is 82.8 Å². The molecule has 0 fully saturated rings. The fourth-order valence-corrected chi connectivity index (χ4v) is 1.73. The Morgan fingerprint density at radius 3 is 2.55 bits per heavy atom. The van der Waals surface area contributed by atoms with Crippen molar-refractivity contribution in [2.75, 3.05) is 0 Å². The lowest BCUT2D eigenvalue weighted by Crippen LogP contribution is -2.00. The highest BCUT2D eigenvalue weighted by Crippen LogP contribution is 2.31. The number of hydrogen-bond donors (Lipinski definition) is 0. The number of rotatable bonds is 1. The highest BCUT2D eigenvalue weighted by Gasteiger charge is 2.11. The van der Waals surface area contributed by atoms with E-state index >= 15 is 0 Å². The third kappa shape index (κ3) is 2.27. The molecular formula is C8H8Br2O. The van der Waals surface area contributed by atoms with Gasteiger partial charge in [0.05, 0.1) is 0 Å². The topological polar surface area (TPSA) is 17.1 Å². The molecule has 0 amide bonds. The number of ketones is 1. The lowest BCUT2D eigenvalue weighted by atomic mass is 10.0. The van der Waals surface area contributed by atoms with E-state index in [2.05, 4.69) is 31.9 Å². The second-order valence-electron chi connectivity index (χ2n) is 2.48. The van der Waals surface area contributed by atoms with Crippen LogP contribution < -0.4 is 0 Å². The van der Waals surface area contributed by atoms with E-state index in [1.807, 2.05) is 6.08 Å². The van der Waals surface area contributed by atoms with Crippen molar-refractivity contribution in [2.24, 2.45) is 0 Å². The van der Waals surface area contributed by atoms with E-state index < -0.39 is 0 Å². The minimum Gasteiger partial charge on any atom is -0.295 e. The molecule has 0 bridgehead atoms. The van der Waals surface area contributed by atoms with Gasteiger partial charge in [-0.3, -0.25) is 4.79 Å². The number of allylic oxidation sites excluding steroid dienone is 4. The van der Waals surface area contributed by atoms with E-state index in [0.717, 1.165) is 27.4 Å². The van der Waals surface area contributed by atoms with Crippen LogP contribution in [0.5, 0.6) is 0 Å². The average molecular weight is 280 g/mol. The zero-order valence-electron chi connectivity index (χ0n) is 6.16. The summed E-state index contributed by atoms with van der Waals surface area (Å²) in [6.07, 6.45) is 3.66. The minimum absolute atomic E-state index is 0.168. The van der Waals surface area contributed by atoms with Crippen molar-refractivity contribution in [1.82, 2.24) is 0 Å². The van der Waals surface area contributed by atoms with E-state index in [4.69, 9.17) is 0 Å². The van der Waals surface area contributed by atoms with Crippen LogP contribution >= 0.6 is 31.9 Å². The molecule has 1 aliphatic carbocycles. The molecule has 11 heavy (non-hydrogen) atoms. The summed E-state index contributed by atoms with van der Waals surface area (Å²) in [4.78, 5) is 10.9. The van der Waals surface area contributed by atoms with Gasteiger partial charge in [0.15, 0.2) is 5.78 Å². The van der Waals surface area contributed by atoms with Crippen molar-refractivity contribution in [2.45, 2.75) is 19.8 Å². The minimum atomic E-state index is 0.168. The molecule has 3 heteroatoms. The summed E-state index contributed by atoms with van der Waals surface area (Å²) in [5.74, 6) is 0.168. The molecule has 1 rings (SSSR count). The van der Waals surface area contributed by atoms with E-state index in [1.165, 1.54) is 0 Å². The largest absolute Gasteiger partial charge is 0.295 e. The Balaban J connectivity index is 2.89. The van der Waals surface area contributed by atoms with Crippen molar-refractivity contribution < 1.29 is 4.79 Å². The van der Waals surface area contributed by atoms with Crippen LogP contribution in [0.3, 0.4) is 0 Å². The molecule has 0 aromatic heterocycles. The van der Waals surface area contributed by atoms with Crippen LogP contribution in [0.15, 0.2) is 20.6 Å². The monoisotopic (exact) mass is 278 g/mol. The fourth-order valence-electron chi connectivity index (χ4n) is 0.945. The molecule has 60 valence electrons. The maximum Gasteiger partial charge on any atom is 0.155 e. The predicted octanol–water partition coefficient (Wildman–Crippen LogP) is 3.30. The van der Waals surface area contributed by atoms with Gasteiger partial charge in [0.2, 0.25) is 0 Å². The van der Waals surface area contributed by atoms with Crippen LogP contribution in [0.2, 0.25) is 0 Å². The van der Waals surface area contributed by atoms with Gasteiger partial charge in [0.25, 0.3) is 0 Å². The normalized spacial score (nSPS) is 18.3. The Kier molecular flexibility index (Phi) is 3.07. The molecule has 0 N–H and O–H groups in total. The molecular weight excluding hydrogens is 272 g/mol. The molecule has 0 saturated heterocycles. The summed E-state index contributed by atoms with van der Waals surface area (Å²) in [6.45, 7) is 1.60. The van der Waals surface area contributed by atoms with Crippen molar-refractivity contribution in [3.8, 4) is 0 Å². The first-order chi connectivity index (χ1) is 5.11. The van der Waals surface area contributed by atoms with E-state index in [1.54, 1.807) is 6.92 Å². The van der Waals surface area contributed by atoms with Gasteiger partial charge in [-0.2, -0.15) is 0 Å².